The smallest absolute Gasteiger partial charge is 0.227 e. The summed E-state index contributed by atoms with van der Waals surface area (Å²) in [5, 5.41) is 3.17. The number of amides is 1. The molecule has 3 aromatic rings. The largest absolute Gasteiger partial charge is 0.497 e. The van der Waals surface area contributed by atoms with Crippen LogP contribution in [0.2, 0.25) is 0 Å². The molecule has 0 fully saturated rings. The second-order valence-corrected chi connectivity index (χ2v) is 9.92. The number of nitrogens with zero attached hydrogens (tertiary/aromatic N) is 1. The maximum Gasteiger partial charge on any atom is 0.227 e. The van der Waals surface area contributed by atoms with Crippen molar-refractivity contribution in [1.29, 1.82) is 0 Å². The Bertz CT molecular complexity index is 1080. The zero-order valence-corrected chi connectivity index (χ0v) is 17.8. The van der Waals surface area contributed by atoms with Gasteiger partial charge >= 0.3 is 0 Å². The Balaban J connectivity index is 1.59. The van der Waals surface area contributed by atoms with Crippen molar-refractivity contribution in [2.24, 2.45) is 0 Å². The predicted octanol–water partition coefficient (Wildman–Crippen LogP) is 4.07. The molecule has 0 saturated carbocycles. The normalized spacial score (nSPS) is 11.2. The van der Waals surface area contributed by atoms with Crippen LogP contribution < -0.4 is 10.1 Å². The molecule has 0 aliphatic rings. The van der Waals surface area contributed by atoms with E-state index in [0.717, 1.165) is 21.9 Å². The van der Waals surface area contributed by atoms with E-state index in [1.165, 1.54) is 11.3 Å². The van der Waals surface area contributed by atoms with E-state index in [9.17, 15) is 13.2 Å². The highest BCUT2D eigenvalue weighted by atomic mass is 32.2. The van der Waals surface area contributed by atoms with Crippen LogP contribution in [0.15, 0.2) is 54.6 Å². The molecule has 152 valence electrons. The van der Waals surface area contributed by atoms with Crippen LogP contribution in [0.5, 0.6) is 5.75 Å². The molecule has 8 heteroatoms. The van der Waals surface area contributed by atoms with Crippen molar-refractivity contribution in [3.63, 3.8) is 0 Å². The van der Waals surface area contributed by atoms with Gasteiger partial charge in [0.15, 0.2) is 15.0 Å². The first-order valence-corrected chi connectivity index (χ1v) is 11.7. The summed E-state index contributed by atoms with van der Waals surface area (Å²) in [5.41, 5.74) is 2.42. The first-order valence-electron chi connectivity index (χ1n) is 9.02. The minimum absolute atomic E-state index is 0.0703. The molecule has 29 heavy (non-hydrogen) atoms. The lowest BCUT2D eigenvalue weighted by atomic mass is 10.1. The van der Waals surface area contributed by atoms with Crippen molar-refractivity contribution in [2.45, 2.75) is 19.1 Å². The molecule has 0 aliphatic heterocycles. The zero-order valence-electron chi connectivity index (χ0n) is 16.2. The van der Waals surface area contributed by atoms with E-state index >= 15 is 0 Å². The minimum Gasteiger partial charge on any atom is -0.497 e. The number of aryl methyl sites for hydroxylation is 1. The Labute approximate surface area is 174 Å². The van der Waals surface area contributed by atoms with Gasteiger partial charge in [-0.15, -0.1) is 11.3 Å². The summed E-state index contributed by atoms with van der Waals surface area (Å²) in [6.07, 6.45) is -0.105. The molecule has 3 rings (SSSR count). The van der Waals surface area contributed by atoms with Crippen molar-refractivity contribution in [3.8, 4) is 17.0 Å². The van der Waals surface area contributed by atoms with Crippen LogP contribution in [0.3, 0.4) is 0 Å². The van der Waals surface area contributed by atoms with Gasteiger partial charge in [0, 0.05) is 16.9 Å². The van der Waals surface area contributed by atoms with Crippen LogP contribution in [0, 0.1) is 6.92 Å². The van der Waals surface area contributed by atoms with Crippen LogP contribution >= 0.6 is 11.3 Å². The topological polar surface area (TPSA) is 85.4 Å². The second-order valence-electron chi connectivity index (χ2n) is 6.53. The summed E-state index contributed by atoms with van der Waals surface area (Å²) >= 11 is 1.36. The third-order valence-electron chi connectivity index (χ3n) is 4.28. The Kier molecular flexibility index (Phi) is 6.66. The Morgan fingerprint density at radius 1 is 1.10 bits per heavy atom. The van der Waals surface area contributed by atoms with Crippen LogP contribution in [-0.4, -0.2) is 32.2 Å². The number of rotatable bonds is 8. The highest BCUT2D eigenvalue weighted by molar-refractivity contribution is 7.90. The molecule has 1 aromatic heterocycles. The first-order chi connectivity index (χ1) is 13.9. The van der Waals surface area contributed by atoms with E-state index in [1.807, 2.05) is 37.3 Å². The third kappa shape index (κ3) is 5.88. The quantitative estimate of drug-likeness (QED) is 0.582. The Hall–Kier alpha value is -2.71. The molecule has 0 bridgehead atoms. The molecule has 1 heterocycles. The van der Waals surface area contributed by atoms with Gasteiger partial charge in [0.25, 0.3) is 0 Å². The predicted molar refractivity (Wildman–Crippen MR) is 116 cm³/mol. The summed E-state index contributed by atoms with van der Waals surface area (Å²) in [6.45, 7) is 1.93. The number of methoxy groups -OCH3 is 1. The van der Waals surface area contributed by atoms with Gasteiger partial charge in [-0.2, -0.15) is 0 Å². The summed E-state index contributed by atoms with van der Waals surface area (Å²) < 4.78 is 29.7. The van der Waals surface area contributed by atoms with Crippen molar-refractivity contribution in [2.75, 3.05) is 18.2 Å². The fraction of sp³-hybridized carbons (Fsp3) is 0.238. The molecule has 0 unspecified atom stereocenters. The molecular formula is C21H22N2O4S2. The highest BCUT2D eigenvalue weighted by Crippen LogP contribution is 2.31. The lowest BCUT2D eigenvalue weighted by Crippen LogP contribution is -2.18. The molecule has 0 radical (unpaired) electrons. The molecule has 1 amide bonds. The number of hydrogen-bond donors (Lipinski definition) is 1. The molecule has 0 aliphatic carbocycles. The van der Waals surface area contributed by atoms with E-state index in [4.69, 9.17) is 4.74 Å². The minimum atomic E-state index is -3.36. The van der Waals surface area contributed by atoms with E-state index in [2.05, 4.69) is 10.3 Å². The van der Waals surface area contributed by atoms with E-state index in [1.54, 1.807) is 31.4 Å². The van der Waals surface area contributed by atoms with Crippen LogP contribution in [0.1, 0.15) is 16.9 Å². The Morgan fingerprint density at radius 3 is 2.45 bits per heavy atom. The SMILES string of the molecule is COc1ccc(-c2nc(NC(=O)CCS(=O)(=O)Cc3ccccc3)sc2C)cc1. The van der Waals surface area contributed by atoms with Crippen molar-refractivity contribution in [3.05, 3.63) is 65.0 Å². The van der Waals surface area contributed by atoms with Crippen molar-refractivity contribution < 1.29 is 17.9 Å². The number of benzene rings is 2. The summed E-state index contributed by atoms with van der Waals surface area (Å²) in [6, 6.07) is 16.5. The van der Waals surface area contributed by atoms with E-state index in [-0.39, 0.29) is 23.8 Å². The number of hydrogen-bond acceptors (Lipinski definition) is 6. The van der Waals surface area contributed by atoms with Gasteiger partial charge in [0.1, 0.15) is 5.75 Å². The molecule has 0 spiro atoms. The number of sulfone groups is 1. The number of carbonyl (C=O) groups excluding carboxylic acids is 1. The van der Waals surface area contributed by atoms with Gasteiger partial charge in [-0.3, -0.25) is 4.79 Å². The van der Waals surface area contributed by atoms with Crippen LogP contribution in [0.4, 0.5) is 5.13 Å². The summed E-state index contributed by atoms with van der Waals surface area (Å²) in [4.78, 5) is 17.7. The van der Waals surface area contributed by atoms with E-state index in [0.29, 0.717) is 10.7 Å². The second kappa shape index (κ2) is 9.19. The molecule has 1 N–H and O–H groups in total. The average Bonchev–Trinajstić information content (AvgIpc) is 3.07. The monoisotopic (exact) mass is 430 g/mol. The number of carbonyl (C=O) groups is 1. The zero-order chi connectivity index (χ0) is 20.9. The van der Waals surface area contributed by atoms with Gasteiger partial charge < -0.3 is 10.1 Å². The first kappa shape index (κ1) is 21.0. The maximum atomic E-state index is 12.2. The van der Waals surface area contributed by atoms with Crippen LogP contribution in [-0.2, 0) is 20.4 Å². The maximum absolute atomic E-state index is 12.2. The molecular weight excluding hydrogens is 408 g/mol. The van der Waals surface area contributed by atoms with Gasteiger partial charge in [-0.1, -0.05) is 30.3 Å². The van der Waals surface area contributed by atoms with E-state index < -0.39 is 9.84 Å². The number of anilines is 1. The number of ether oxygens (including phenoxy) is 1. The number of thiazole rings is 1. The van der Waals surface area contributed by atoms with Gasteiger partial charge in [0.05, 0.1) is 24.3 Å². The number of nitrogens with one attached hydrogen (secondary N) is 1. The Morgan fingerprint density at radius 2 is 1.79 bits per heavy atom. The molecule has 6 nitrogen and oxygen atoms in total. The standard InChI is InChI=1S/C21H22N2O4S2/c1-15-20(17-8-10-18(27-2)11-9-17)23-21(28-15)22-19(24)12-13-29(25,26)14-16-6-4-3-5-7-16/h3-11H,12-14H2,1-2H3,(H,22,23,24). The highest BCUT2D eigenvalue weighted by Gasteiger charge is 2.16. The fourth-order valence-corrected chi connectivity index (χ4v) is 4.99. The van der Waals surface area contributed by atoms with Gasteiger partial charge in [0.2, 0.25) is 5.91 Å². The number of aromatic nitrogens is 1. The summed E-state index contributed by atoms with van der Waals surface area (Å²) in [5.74, 6) is 0.117. The fourth-order valence-electron chi connectivity index (χ4n) is 2.80. The molecule has 0 saturated heterocycles. The average molecular weight is 431 g/mol. The molecule has 2 aromatic carbocycles. The van der Waals surface area contributed by atoms with Gasteiger partial charge in [-0.05, 0) is 36.8 Å². The van der Waals surface area contributed by atoms with Crippen LogP contribution in [0.25, 0.3) is 11.3 Å². The van der Waals surface area contributed by atoms with Crippen molar-refractivity contribution >= 4 is 32.2 Å². The van der Waals surface area contributed by atoms with Gasteiger partial charge in [-0.25, -0.2) is 13.4 Å². The summed E-state index contributed by atoms with van der Waals surface area (Å²) in [7, 11) is -1.76. The lowest BCUT2D eigenvalue weighted by molar-refractivity contribution is -0.115. The lowest BCUT2D eigenvalue weighted by Gasteiger charge is -2.05. The third-order valence-corrected chi connectivity index (χ3v) is 6.76. The molecule has 0 atom stereocenters. The van der Waals surface area contributed by atoms with Crippen molar-refractivity contribution in [1.82, 2.24) is 4.98 Å².